The number of benzene rings is 2. The molecule has 0 saturated carbocycles. The van der Waals surface area contributed by atoms with Crippen molar-refractivity contribution in [3.8, 4) is 5.75 Å². The van der Waals surface area contributed by atoms with Gasteiger partial charge in [-0.2, -0.15) is 0 Å². The van der Waals surface area contributed by atoms with Gasteiger partial charge in [-0.3, -0.25) is 0 Å². The molecule has 4 rings (SSSR count). The lowest BCUT2D eigenvalue weighted by molar-refractivity contribution is 0.0471. The van der Waals surface area contributed by atoms with Gasteiger partial charge in [-0.1, -0.05) is 29.4 Å². The fourth-order valence-corrected chi connectivity index (χ4v) is 2.89. The Hall–Kier alpha value is -3.08. The number of oxime groups is 1. The summed E-state index contributed by atoms with van der Waals surface area (Å²) in [5.74, 6) is 0.634. The van der Waals surface area contributed by atoms with E-state index in [0.717, 1.165) is 16.7 Å². The largest absolute Gasteiger partial charge is 0.489 e. The lowest BCUT2D eigenvalue weighted by Crippen LogP contribution is -2.18. The number of nitrogens with zero attached hydrogens (tertiary/aromatic N) is 1. The average molecular weight is 335 g/mol. The predicted octanol–water partition coefficient (Wildman–Crippen LogP) is 3.67. The van der Waals surface area contributed by atoms with Crippen LogP contribution in [0.3, 0.4) is 0 Å². The van der Waals surface area contributed by atoms with E-state index in [1.165, 1.54) is 11.6 Å². The zero-order chi connectivity index (χ0) is 17.2. The van der Waals surface area contributed by atoms with Crippen molar-refractivity contribution in [3.05, 3.63) is 76.1 Å². The first-order valence-corrected chi connectivity index (χ1v) is 8.14. The van der Waals surface area contributed by atoms with E-state index in [1.807, 2.05) is 30.3 Å². The Morgan fingerprint density at radius 3 is 2.88 bits per heavy atom. The van der Waals surface area contributed by atoms with Gasteiger partial charge in [-0.25, -0.2) is 4.79 Å². The Balaban J connectivity index is 1.41. The number of ether oxygens (including phenoxy) is 1. The molecule has 1 aliphatic rings. The molecule has 0 amide bonds. The molecule has 0 bridgehead atoms. The summed E-state index contributed by atoms with van der Waals surface area (Å²) in [5, 5.41) is 5.05. The van der Waals surface area contributed by atoms with E-state index < -0.39 is 0 Å². The molecule has 1 atom stereocenters. The molecule has 3 aromatic rings. The maximum Gasteiger partial charge on any atom is 0.336 e. The minimum atomic E-state index is -0.375. The molecule has 2 heterocycles. The van der Waals surface area contributed by atoms with Crippen molar-refractivity contribution in [1.82, 2.24) is 0 Å². The van der Waals surface area contributed by atoms with Crippen LogP contribution in [0.25, 0.3) is 11.0 Å². The van der Waals surface area contributed by atoms with E-state index in [9.17, 15) is 4.79 Å². The van der Waals surface area contributed by atoms with Crippen molar-refractivity contribution in [2.24, 2.45) is 5.16 Å². The SMILES string of the molecule is Cc1ccccc1C1=NOC(COc2ccc3ccc(=O)oc3c2)C1. The van der Waals surface area contributed by atoms with Crippen molar-refractivity contribution in [1.29, 1.82) is 0 Å². The summed E-state index contributed by atoms with van der Waals surface area (Å²) in [6.45, 7) is 2.44. The topological polar surface area (TPSA) is 61.0 Å². The van der Waals surface area contributed by atoms with E-state index in [-0.39, 0.29) is 11.7 Å². The normalized spacial score (nSPS) is 16.5. The fraction of sp³-hybridized carbons (Fsp3) is 0.200. The monoisotopic (exact) mass is 335 g/mol. The summed E-state index contributed by atoms with van der Waals surface area (Å²) >= 11 is 0. The van der Waals surface area contributed by atoms with E-state index in [1.54, 1.807) is 12.1 Å². The summed E-state index contributed by atoms with van der Waals surface area (Å²) in [7, 11) is 0. The second-order valence-electron chi connectivity index (χ2n) is 6.05. The standard InChI is InChI=1S/C20H17NO4/c1-13-4-2-3-5-17(13)18-10-16(25-21-18)12-23-15-8-6-14-7-9-20(22)24-19(14)11-15/h2-9,11,16H,10,12H2,1H3. The quantitative estimate of drug-likeness (QED) is 0.683. The number of hydrogen-bond acceptors (Lipinski definition) is 5. The number of hydrogen-bond donors (Lipinski definition) is 0. The summed E-state index contributed by atoms with van der Waals surface area (Å²) < 4.78 is 11.0. The van der Waals surface area contributed by atoms with Gasteiger partial charge in [0.05, 0.1) is 5.71 Å². The molecule has 1 aliphatic heterocycles. The predicted molar refractivity (Wildman–Crippen MR) is 95.2 cm³/mol. The third kappa shape index (κ3) is 3.26. The Labute approximate surface area is 144 Å². The maximum absolute atomic E-state index is 11.3. The van der Waals surface area contributed by atoms with Crippen LogP contribution in [-0.4, -0.2) is 18.4 Å². The van der Waals surface area contributed by atoms with E-state index in [2.05, 4.69) is 18.1 Å². The van der Waals surface area contributed by atoms with Crippen LogP contribution in [-0.2, 0) is 4.84 Å². The van der Waals surface area contributed by atoms with Crippen molar-refractivity contribution in [2.45, 2.75) is 19.4 Å². The van der Waals surface area contributed by atoms with Gasteiger partial charge < -0.3 is 14.0 Å². The highest BCUT2D eigenvalue weighted by atomic mass is 16.7. The molecule has 25 heavy (non-hydrogen) atoms. The van der Waals surface area contributed by atoms with Gasteiger partial charge in [0, 0.05) is 29.5 Å². The molecule has 126 valence electrons. The highest BCUT2D eigenvalue weighted by molar-refractivity contribution is 6.02. The third-order valence-corrected chi connectivity index (χ3v) is 4.22. The van der Waals surface area contributed by atoms with E-state index in [4.69, 9.17) is 14.0 Å². The molecule has 2 aromatic carbocycles. The van der Waals surface area contributed by atoms with Crippen LogP contribution >= 0.6 is 0 Å². The number of rotatable bonds is 4. The van der Waals surface area contributed by atoms with Crippen LogP contribution < -0.4 is 10.4 Å². The number of aryl methyl sites for hydroxylation is 1. The zero-order valence-corrected chi connectivity index (χ0v) is 13.8. The van der Waals surface area contributed by atoms with Crippen molar-refractivity contribution < 1.29 is 14.0 Å². The Bertz CT molecular complexity index is 1010. The molecule has 0 radical (unpaired) electrons. The van der Waals surface area contributed by atoms with Crippen molar-refractivity contribution in [2.75, 3.05) is 6.61 Å². The summed E-state index contributed by atoms with van der Waals surface area (Å²) in [6, 6.07) is 16.7. The van der Waals surface area contributed by atoms with Gasteiger partial charge in [-0.15, -0.1) is 0 Å². The maximum atomic E-state index is 11.3. The van der Waals surface area contributed by atoms with Gasteiger partial charge in [0.15, 0.2) is 6.10 Å². The van der Waals surface area contributed by atoms with Crippen LogP contribution in [0.4, 0.5) is 0 Å². The zero-order valence-electron chi connectivity index (χ0n) is 13.8. The molecule has 0 aliphatic carbocycles. The Morgan fingerprint density at radius 1 is 1.16 bits per heavy atom. The third-order valence-electron chi connectivity index (χ3n) is 4.22. The van der Waals surface area contributed by atoms with Gasteiger partial charge in [0.1, 0.15) is 17.9 Å². The number of fused-ring (bicyclic) bond motifs is 1. The minimum absolute atomic E-state index is 0.131. The molecule has 0 saturated heterocycles. The molecule has 0 fully saturated rings. The molecular formula is C20H17NO4. The Kier molecular flexibility index (Phi) is 3.98. The molecule has 5 nitrogen and oxygen atoms in total. The van der Waals surface area contributed by atoms with Gasteiger partial charge in [-0.05, 0) is 30.7 Å². The highest BCUT2D eigenvalue weighted by Crippen LogP contribution is 2.22. The molecule has 1 unspecified atom stereocenters. The van der Waals surface area contributed by atoms with Crippen molar-refractivity contribution in [3.63, 3.8) is 0 Å². The second-order valence-corrected chi connectivity index (χ2v) is 6.05. The Morgan fingerprint density at radius 2 is 2.00 bits per heavy atom. The summed E-state index contributed by atoms with van der Waals surface area (Å²) in [6.07, 6.45) is 0.570. The molecule has 0 N–H and O–H groups in total. The van der Waals surface area contributed by atoms with Crippen LogP contribution in [0.5, 0.6) is 5.75 Å². The van der Waals surface area contributed by atoms with Crippen LogP contribution in [0, 0.1) is 6.92 Å². The summed E-state index contributed by atoms with van der Waals surface area (Å²) in [4.78, 5) is 16.8. The molecule has 5 heteroatoms. The minimum Gasteiger partial charge on any atom is -0.489 e. The first-order valence-electron chi connectivity index (χ1n) is 8.14. The van der Waals surface area contributed by atoms with Crippen LogP contribution in [0.2, 0.25) is 0 Å². The lowest BCUT2D eigenvalue weighted by atomic mass is 10.0. The molecular weight excluding hydrogens is 318 g/mol. The second kappa shape index (κ2) is 6.43. The first-order chi connectivity index (χ1) is 12.2. The van der Waals surface area contributed by atoms with Crippen LogP contribution in [0.15, 0.2) is 69.0 Å². The van der Waals surface area contributed by atoms with E-state index >= 15 is 0 Å². The summed E-state index contributed by atoms with van der Waals surface area (Å²) in [5.41, 5.74) is 3.36. The van der Waals surface area contributed by atoms with E-state index in [0.29, 0.717) is 24.4 Å². The van der Waals surface area contributed by atoms with Crippen molar-refractivity contribution >= 4 is 16.7 Å². The van der Waals surface area contributed by atoms with Gasteiger partial charge >= 0.3 is 5.63 Å². The molecule has 1 aromatic heterocycles. The van der Waals surface area contributed by atoms with Gasteiger partial charge in [0.25, 0.3) is 0 Å². The molecule has 0 spiro atoms. The van der Waals surface area contributed by atoms with Gasteiger partial charge in [0.2, 0.25) is 0 Å². The smallest absolute Gasteiger partial charge is 0.336 e. The highest BCUT2D eigenvalue weighted by Gasteiger charge is 2.23. The first kappa shape index (κ1) is 15.4. The lowest BCUT2D eigenvalue weighted by Gasteiger charge is -2.11. The van der Waals surface area contributed by atoms with Crippen LogP contribution in [0.1, 0.15) is 17.5 Å². The average Bonchev–Trinajstić information content (AvgIpc) is 3.08. The fourth-order valence-electron chi connectivity index (χ4n) is 2.89.